The Morgan fingerprint density at radius 3 is 3.00 bits per heavy atom. The zero-order chi connectivity index (χ0) is 15.0. The van der Waals surface area contributed by atoms with Crippen molar-refractivity contribution in [3.63, 3.8) is 0 Å². The lowest BCUT2D eigenvalue weighted by Gasteiger charge is -2.20. The fourth-order valence-electron chi connectivity index (χ4n) is 2.48. The largest absolute Gasteiger partial charge is 0.465 e. The van der Waals surface area contributed by atoms with E-state index in [0.717, 1.165) is 0 Å². The Kier molecular flexibility index (Phi) is 3.04. The number of hydrogen-bond donors (Lipinski definition) is 2. The first-order valence-corrected chi connectivity index (χ1v) is 6.46. The lowest BCUT2D eigenvalue weighted by molar-refractivity contribution is -0.133. The number of nitrogens with one attached hydrogen (secondary N) is 2. The van der Waals surface area contributed by atoms with Gasteiger partial charge >= 0.3 is 6.03 Å². The number of urea groups is 1. The van der Waals surface area contributed by atoms with Crippen LogP contribution in [0.4, 0.5) is 4.79 Å². The van der Waals surface area contributed by atoms with Crippen molar-refractivity contribution in [3.8, 4) is 5.88 Å². The Balaban J connectivity index is 1.57. The number of amides is 4. The lowest BCUT2D eigenvalue weighted by Crippen LogP contribution is -2.50. The second-order valence-electron chi connectivity index (χ2n) is 5.12. The molecule has 21 heavy (non-hydrogen) atoms. The van der Waals surface area contributed by atoms with Crippen molar-refractivity contribution in [2.75, 3.05) is 19.7 Å². The number of ether oxygens (including phenoxy) is 1. The average molecular weight is 294 g/mol. The molecule has 3 heterocycles. The Labute approximate surface area is 119 Å². The molecule has 9 heteroatoms. The van der Waals surface area contributed by atoms with Gasteiger partial charge in [0.2, 0.25) is 0 Å². The highest BCUT2D eigenvalue weighted by molar-refractivity contribution is 6.07. The summed E-state index contributed by atoms with van der Waals surface area (Å²) in [4.78, 5) is 36.5. The van der Waals surface area contributed by atoms with Gasteiger partial charge in [0.1, 0.15) is 11.3 Å². The van der Waals surface area contributed by atoms with Gasteiger partial charge in [-0.15, -0.1) is 0 Å². The minimum Gasteiger partial charge on any atom is -0.465 e. The maximum absolute atomic E-state index is 12.1. The van der Waals surface area contributed by atoms with E-state index in [1.807, 2.05) is 0 Å². The molecule has 112 valence electrons. The van der Waals surface area contributed by atoms with Crippen molar-refractivity contribution in [1.29, 1.82) is 0 Å². The average Bonchev–Trinajstić information content (AvgIpc) is 3.09. The molecule has 1 spiro atoms. The van der Waals surface area contributed by atoms with Crippen molar-refractivity contribution < 1.29 is 23.6 Å². The SMILES string of the molecule is Cc1cc(OCC(=O)N2CCC3(C2)NC(=O)NC3=O)no1. The van der Waals surface area contributed by atoms with Crippen LogP contribution in [0.3, 0.4) is 0 Å². The van der Waals surface area contributed by atoms with E-state index in [0.29, 0.717) is 18.7 Å². The van der Waals surface area contributed by atoms with Gasteiger partial charge in [0, 0.05) is 12.6 Å². The van der Waals surface area contributed by atoms with Crippen LogP contribution < -0.4 is 15.4 Å². The maximum atomic E-state index is 12.1. The van der Waals surface area contributed by atoms with Crippen LogP contribution in [0.2, 0.25) is 0 Å². The first-order chi connectivity index (χ1) is 9.98. The van der Waals surface area contributed by atoms with Crippen molar-refractivity contribution in [2.45, 2.75) is 18.9 Å². The van der Waals surface area contributed by atoms with Crippen molar-refractivity contribution >= 4 is 17.8 Å². The van der Waals surface area contributed by atoms with Crippen molar-refractivity contribution in [1.82, 2.24) is 20.7 Å². The van der Waals surface area contributed by atoms with Gasteiger partial charge in [0.25, 0.3) is 17.7 Å². The first kappa shape index (κ1) is 13.4. The standard InChI is InChI=1S/C12H14N4O5/c1-7-4-8(15-21-7)20-5-9(17)16-3-2-12(6-16)10(18)13-11(19)14-12/h4H,2-3,5-6H2,1H3,(H2,13,14,18,19). The van der Waals surface area contributed by atoms with E-state index in [-0.39, 0.29) is 24.9 Å². The zero-order valence-electron chi connectivity index (χ0n) is 11.3. The van der Waals surface area contributed by atoms with Crippen LogP contribution in [-0.2, 0) is 9.59 Å². The fourth-order valence-corrected chi connectivity index (χ4v) is 2.48. The summed E-state index contributed by atoms with van der Waals surface area (Å²) in [6, 6.07) is 1.05. The Morgan fingerprint density at radius 2 is 2.38 bits per heavy atom. The monoisotopic (exact) mass is 294 g/mol. The molecule has 0 aromatic carbocycles. The van der Waals surface area contributed by atoms with Crippen LogP contribution in [0.15, 0.2) is 10.6 Å². The summed E-state index contributed by atoms with van der Waals surface area (Å²) in [5, 5.41) is 8.39. The van der Waals surface area contributed by atoms with Crippen LogP contribution in [0.1, 0.15) is 12.2 Å². The lowest BCUT2D eigenvalue weighted by atomic mass is 10.00. The molecule has 0 aliphatic carbocycles. The number of imide groups is 1. The number of hydrogen-bond acceptors (Lipinski definition) is 6. The second kappa shape index (κ2) is 4.76. The molecule has 1 aromatic heterocycles. The molecular weight excluding hydrogens is 280 g/mol. The van der Waals surface area contributed by atoms with Gasteiger partial charge in [-0.3, -0.25) is 14.9 Å². The summed E-state index contributed by atoms with van der Waals surface area (Å²) in [7, 11) is 0. The Morgan fingerprint density at radius 1 is 1.57 bits per heavy atom. The summed E-state index contributed by atoms with van der Waals surface area (Å²) in [6.07, 6.45) is 0.388. The predicted molar refractivity (Wildman–Crippen MR) is 67.3 cm³/mol. The number of carbonyl (C=O) groups excluding carboxylic acids is 3. The summed E-state index contributed by atoms with van der Waals surface area (Å²) >= 11 is 0. The molecule has 9 nitrogen and oxygen atoms in total. The molecule has 0 bridgehead atoms. The van der Waals surface area contributed by atoms with Gasteiger partial charge in [-0.05, 0) is 18.5 Å². The van der Waals surface area contributed by atoms with Gasteiger partial charge in [0.05, 0.1) is 6.54 Å². The molecule has 0 radical (unpaired) electrons. The fraction of sp³-hybridized carbons (Fsp3) is 0.500. The molecule has 3 rings (SSSR count). The molecule has 4 amide bonds. The summed E-state index contributed by atoms with van der Waals surface area (Å²) in [5.41, 5.74) is -1.00. The van der Waals surface area contributed by atoms with E-state index < -0.39 is 17.5 Å². The van der Waals surface area contributed by atoms with Crippen LogP contribution in [0.25, 0.3) is 0 Å². The summed E-state index contributed by atoms with van der Waals surface area (Å²) in [6.45, 7) is 2.04. The zero-order valence-corrected chi connectivity index (χ0v) is 11.3. The minimum absolute atomic E-state index is 0.143. The molecule has 2 fully saturated rings. The number of likely N-dealkylation sites (tertiary alicyclic amines) is 1. The molecular formula is C12H14N4O5. The van der Waals surface area contributed by atoms with Gasteiger partial charge in [0.15, 0.2) is 6.61 Å². The van der Waals surface area contributed by atoms with E-state index in [9.17, 15) is 14.4 Å². The maximum Gasteiger partial charge on any atom is 0.322 e. The highest BCUT2D eigenvalue weighted by atomic mass is 16.5. The van der Waals surface area contributed by atoms with Crippen LogP contribution in [-0.4, -0.2) is 53.1 Å². The second-order valence-corrected chi connectivity index (χ2v) is 5.12. The van der Waals surface area contributed by atoms with Gasteiger partial charge in [-0.1, -0.05) is 0 Å². The number of rotatable bonds is 3. The van der Waals surface area contributed by atoms with Gasteiger partial charge < -0.3 is 19.5 Å². The van der Waals surface area contributed by atoms with E-state index >= 15 is 0 Å². The van der Waals surface area contributed by atoms with Crippen LogP contribution >= 0.6 is 0 Å². The molecule has 2 N–H and O–H groups in total. The van der Waals surface area contributed by atoms with Crippen LogP contribution in [0, 0.1) is 6.92 Å². The Bertz CT molecular complexity index is 613. The van der Waals surface area contributed by atoms with Crippen molar-refractivity contribution in [3.05, 3.63) is 11.8 Å². The van der Waals surface area contributed by atoms with E-state index in [4.69, 9.17) is 9.26 Å². The number of nitrogens with zero attached hydrogens (tertiary/aromatic N) is 2. The molecule has 2 aliphatic heterocycles. The molecule has 2 aliphatic rings. The number of aromatic nitrogens is 1. The highest BCUT2D eigenvalue weighted by Gasteiger charge is 2.51. The quantitative estimate of drug-likeness (QED) is 0.704. The van der Waals surface area contributed by atoms with Gasteiger partial charge in [-0.25, -0.2) is 4.79 Å². The predicted octanol–water partition coefficient (Wildman–Crippen LogP) is -0.828. The van der Waals surface area contributed by atoms with E-state index in [1.165, 1.54) is 4.90 Å². The number of aryl methyl sites for hydroxylation is 1. The smallest absolute Gasteiger partial charge is 0.322 e. The van der Waals surface area contributed by atoms with E-state index in [2.05, 4.69) is 15.8 Å². The summed E-state index contributed by atoms with van der Waals surface area (Å²) in [5.74, 6) is 0.155. The summed E-state index contributed by atoms with van der Waals surface area (Å²) < 4.78 is 10.0. The number of carbonyl (C=O) groups is 3. The molecule has 1 aromatic rings. The molecule has 0 saturated carbocycles. The molecule has 1 unspecified atom stereocenters. The third kappa shape index (κ3) is 2.41. The normalized spacial score (nSPS) is 24.3. The molecule has 2 saturated heterocycles. The van der Waals surface area contributed by atoms with Crippen molar-refractivity contribution in [2.24, 2.45) is 0 Å². The molecule has 1 atom stereocenters. The van der Waals surface area contributed by atoms with Gasteiger partial charge in [-0.2, -0.15) is 0 Å². The first-order valence-electron chi connectivity index (χ1n) is 6.46. The minimum atomic E-state index is -1.00. The third-order valence-electron chi connectivity index (χ3n) is 3.59. The highest BCUT2D eigenvalue weighted by Crippen LogP contribution is 2.24. The third-order valence-corrected chi connectivity index (χ3v) is 3.59. The topological polar surface area (TPSA) is 114 Å². The van der Waals surface area contributed by atoms with Crippen LogP contribution in [0.5, 0.6) is 5.88 Å². The van der Waals surface area contributed by atoms with E-state index in [1.54, 1.807) is 13.0 Å². The Hall–Kier alpha value is -2.58.